The summed E-state index contributed by atoms with van der Waals surface area (Å²) < 4.78 is 11.7. The monoisotopic (exact) mass is 431 g/mol. The minimum atomic E-state index is -0.360. The molecular formula is C29H21NO3. The number of nitrogens with zero attached hydrogens (tertiary/aromatic N) is 1. The molecule has 2 heterocycles. The van der Waals surface area contributed by atoms with Gasteiger partial charge in [-0.2, -0.15) is 0 Å². The van der Waals surface area contributed by atoms with E-state index >= 15 is 0 Å². The van der Waals surface area contributed by atoms with Crippen LogP contribution >= 0.6 is 0 Å². The van der Waals surface area contributed by atoms with Crippen LogP contribution in [0.2, 0.25) is 0 Å². The van der Waals surface area contributed by atoms with E-state index in [1.54, 1.807) is 6.26 Å². The summed E-state index contributed by atoms with van der Waals surface area (Å²) in [5.41, 5.74) is 5.72. The zero-order valence-corrected chi connectivity index (χ0v) is 17.9. The Kier molecular flexibility index (Phi) is 4.69. The van der Waals surface area contributed by atoms with Crippen molar-refractivity contribution in [1.29, 1.82) is 0 Å². The molecule has 4 nitrogen and oxygen atoms in total. The molecule has 0 saturated carbocycles. The molecule has 0 atom stereocenters. The molecular weight excluding hydrogens is 410 g/mol. The quantitative estimate of drug-likeness (QED) is 0.303. The fourth-order valence-electron chi connectivity index (χ4n) is 4.65. The van der Waals surface area contributed by atoms with Gasteiger partial charge in [-0.3, -0.25) is 0 Å². The second-order valence-corrected chi connectivity index (χ2v) is 8.05. The van der Waals surface area contributed by atoms with E-state index < -0.39 is 0 Å². The number of hydrogen-bond acceptors (Lipinski definition) is 4. The molecule has 0 fully saturated rings. The van der Waals surface area contributed by atoms with Gasteiger partial charge in [0.25, 0.3) is 0 Å². The van der Waals surface area contributed by atoms with Crippen molar-refractivity contribution in [2.75, 3.05) is 4.90 Å². The van der Waals surface area contributed by atoms with E-state index in [-0.39, 0.29) is 5.63 Å². The summed E-state index contributed by atoms with van der Waals surface area (Å²) in [6.45, 7) is 0. The fraction of sp³-hybridized carbons (Fsp3) is 0.0690. The number of para-hydroxylation sites is 2. The van der Waals surface area contributed by atoms with E-state index in [0.29, 0.717) is 17.7 Å². The largest absolute Gasteiger partial charge is 0.469 e. The van der Waals surface area contributed by atoms with E-state index in [0.717, 1.165) is 45.9 Å². The lowest BCUT2D eigenvalue weighted by Gasteiger charge is -2.31. The van der Waals surface area contributed by atoms with E-state index in [1.165, 1.54) is 0 Å². The highest BCUT2D eigenvalue weighted by molar-refractivity contribution is 5.92. The number of furan rings is 1. The van der Waals surface area contributed by atoms with Crippen molar-refractivity contribution < 1.29 is 8.83 Å². The molecule has 6 rings (SSSR count). The third-order valence-electron chi connectivity index (χ3n) is 6.10. The van der Waals surface area contributed by atoms with Gasteiger partial charge in [0.1, 0.15) is 11.5 Å². The first-order valence-electron chi connectivity index (χ1n) is 11.0. The van der Waals surface area contributed by atoms with E-state index in [1.807, 2.05) is 72.8 Å². The zero-order valence-electron chi connectivity index (χ0n) is 17.9. The molecule has 1 aliphatic carbocycles. The van der Waals surface area contributed by atoms with Crippen molar-refractivity contribution >= 4 is 17.1 Å². The zero-order chi connectivity index (χ0) is 22.2. The average molecular weight is 431 g/mol. The second-order valence-electron chi connectivity index (χ2n) is 8.05. The van der Waals surface area contributed by atoms with Crippen LogP contribution in [0.25, 0.3) is 22.5 Å². The van der Waals surface area contributed by atoms with Crippen molar-refractivity contribution in [3.63, 3.8) is 0 Å². The highest BCUT2D eigenvalue weighted by Gasteiger charge is 2.31. The number of anilines is 3. The van der Waals surface area contributed by atoms with Crippen LogP contribution in [0, 0.1) is 0 Å². The Labute approximate surface area is 191 Å². The topological polar surface area (TPSA) is 46.6 Å². The maximum Gasteiger partial charge on any atom is 0.346 e. The summed E-state index contributed by atoms with van der Waals surface area (Å²) in [6.07, 6.45) is 3.13. The number of fused-ring (bicyclic) bond motifs is 3. The Morgan fingerprint density at radius 2 is 1.30 bits per heavy atom. The van der Waals surface area contributed by atoms with Crippen LogP contribution in [0.5, 0.6) is 0 Å². The van der Waals surface area contributed by atoms with Crippen LogP contribution in [0.1, 0.15) is 11.3 Å². The lowest BCUT2D eigenvalue weighted by atomic mass is 9.90. The van der Waals surface area contributed by atoms with Gasteiger partial charge in [-0.15, -0.1) is 0 Å². The summed E-state index contributed by atoms with van der Waals surface area (Å²) in [7, 11) is 0. The van der Waals surface area contributed by atoms with Crippen LogP contribution in [0.4, 0.5) is 17.1 Å². The molecule has 0 aliphatic heterocycles. The van der Waals surface area contributed by atoms with Crippen LogP contribution in [-0.4, -0.2) is 0 Å². The molecule has 0 spiro atoms. The van der Waals surface area contributed by atoms with Gasteiger partial charge >= 0.3 is 5.63 Å². The standard InChI is InChI=1S/C29H21NO3/c31-29-26(20-10-4-1-5-11-20)27(24-16-17-25-23(18-19-32-25)28(24)33-29)30(21-12-6-2-7-13-21)22-14-8-3-9-15-22/h1-15,18-19H,16-17H2. The highest BCUT2D eigenvalue weighted by Crippen LogP contribution is 2.47. The van der Waals surface area contributed by atoms with Crippen molar-refractivity contribution in [2.24, 2.45) is 0 Å². The molecule has 0 N–H and O–H groups in total. The maximum absolute atomic E-state index is 13.6. The number of rotatable bonds is 4. The first kappa shape index (κ1) is 19.4. The summed E-state index contributed by atoms with van der Waals surface area (Å²) in [6, 6.07) is 32.0. The Morgan fingerprint density at radius 3 is 1.94 bits per heavy atom. The molecule has 0 saturated heterocycles. The number of benzene rings is 3. The van der Waals surface area contributed by atoms with Gasteiger partial charge in [0.15, 0.2) is 0 Å². The predicted molar refractivity (Wildman–Crippen MR) is 130 cm³/mol. The van der Waals surface area contributed by atoms with Crippen molar-refractivity contribution in [3.05, 3.63) is 125 Å². The molecule has 0 radical (unpaired) electrons. The van der Waals surface area contributed by atoms with Crippen LogP contribution in [0.3, 0.4) is 0 Å². The van der Waals surface area contributed by atoms with Gasteiger partial charge in [-0.05, 0) is 42.3 Å². The minimum Gasteiger partial charge on any atom is -0.469 e. The SMILES string of the molecule is O=c1oc2c(c(N(c3ccccc3)c3ccccc3)c1-c1ccccc1)CCc1occc1-2. The van der Waals surface area contributed by atoms with Gasteiger partial charge in [0.05, 0.1) is 23.1 Å². The van der Waals surface area contributed by atoms with Gasteiger partial charge in [0.2, 0.25) is 0 Å². The van der Waals surface area contributed by atoms with Crippen LogP contribution in [0.15, 0.2) is 117 Å². The van der Waals surface area contributed by atoms with E-state index in [4.69, 9.17) is 8.83 Å². The maximum atomic E-state index is 13.6. The minimum absolute atomic E-state index is 0.360. The molecule has 0 unspecified atom stereocenters. The summed E-state index contributed by atoms with van der Waals surface area (Å²) in [5.74, 6) is 1.46. The molecule has 160 valence electrons. The number of hydrogen-bond donors (Lipinski definition) is 0. The fourth-order valence-corrected chi connectivity index (χ4v) is 4.65. The van der Waals surface area contributed by atoms with Crippen molar-refractivity contribution in [1.82, 2.24) is 0 Å². The Morgan fingerprint density at radius 1 is 0.697 bits per heavy atom. The normalized spacial score (nSPS) is 12.1. The molecule has 0 amide bonds. The summed E-state index contributed by atoms with van der Waals surface area (Å²) in [4.78, 5) is 15.8. The smallest absolute Gasteiger partial charge is 0.346 e. The predicted octanol–water partition coefficient (Wildman–Crippen LogP) is 7.14. The Hall–Kier alpha value is -4.31. The van der Waals surface area contributed by atoms with Crippen LogP contribution < -0.4 is 10.5 Å². The lowest BCUT2D eigenvalue weighted by Crippen LogP contribution is -2.20. The van der Waals surface area contributed by atoms with E-state index in [9.17, 15) is 4.79 Å². The third kappa shape index (κ3) is 3.28. The molecule has 0 bridgehead atoms. The lowest BCUT2D eigenvalue weighted by molar-refractivity contribution is 0.484. The first-order chi connectivity index (χ1) is 16.3. The van der Waals surface area contributed by atoms with Crippen molar-refractivity contribution in [2.45, 2.75) is 12.8 Å². The molecule has 1 aliphatic rings. The second kappa shape index (κ2) is 7.99. The molecule has 33 heavy (non-hydrogen) atoms. The molecule has 3 aromatic carbocycles. The van der Waals surface area contributed by atoms with Crippen molar-refractivity contribution in [3.8, 4) is 22.5 Å². The third-order valence-corrected chi connectivity index (χ3v) is 6.10. The molecule has 4 heteroatoms. The van der Waals surface area contributed by atoms with Gasteiger partial charge in [0, 0.05) is 23.4 Å². The number of aryl methyl sites for hydroxylation is 1. The van der Waals surface area contributed by atoms with Gasteiger partial charge in [-0.25, -0.2) is 4.79 Å². The van der Waals surface area contributed by atoms with Gasteiger partial charge in [-0.1, -0.05) is 66.7 Å². The Bertz CT molecular complexity index is 1430. The van der Waals surface area contributed by atoms with Crippen LogP contribution in [-0.2, 0) is 12.8 Å². The summed E-state index contributed by atoms with van der Waals surface area (Å²) >= 11 is 0. The average Bonchev–Trinajstić information content (AvgIpc) is 3.36. The highest BCUT2D eigenvalue weighted by atomic mass is 16.4. The summed E-state index contributed by atoms with van der Waals surface area (Å²) in [5, 5.41) is 0. The van der Waals surface area contributed by atoms with Gasteiger partial charge < -0.3 is 13.7 Å². The molecule has 2 aromatic heterocycles. The Balaban J connectivity index is 1.73. The molecule has 5 aromatic rings. The first-order valence-corrected chi connectivity index (χ1v) is 11.0. The van der Waals surface area contributed by atoms with E-state index in [2.05, 4.69) is 29.2 Å².